The van der Waals surface area contributed by atoms with Crippen LogP contribution in [-0.4, -0.2) is 34.3 Å². The van der Waals surface area contributed by atoms with Crippen molar-refractivity contribution in [1.29, 1.82) is 5.26 Å². The zero-order valence-electron chi connectivity index (χ0n) is 13.0. The standard InChI is InChI=1S/C17H14N4O2S/c1-20-4-2-3-13-7-10-5-11(6-12(8-18)15(10)21(13)20)16-19-9-14(24-16)17(22)23/h5-7,9H,2-4H2,1H3,(H,22,23). The molecule has 0 saturated carbocycles. The minimum absolute atomic E-state index is 0.194. The Kier molecular flexibility index (Phi) is 3.28. The number of nitrogens with zero attached hydrogens (tertiary/aromatic N) is 4. The molecule has 0 fully saturated rings. The second-order valence-corrected chi connectivity index (χ2v) is 6.87. The molecule has 0 saturated heterocycles. The van der Waals surface area contributed by atoms with Crippen molar-refractivity contribution in [3.63, 3.8) is 0 Å². The Labute approximate surface area is 142 Å². The molecule has 4 rings (SSSR count). The van der Waals surface area contributed by atoms with Crippen LogP contribution in [0.5, 0.6) is 0 Å². The van der Waals surface area contributed by atoms with E-state index >= 15 is 0 Å². The van der Waals surface area contributed by atoms with E-state index in [1.165, 1.54) is 11.9 Å². The molecule has 3 heterocycles. The van der Waals surface area contributed by atoms with Crippen LogP contribution < -0.4 is 5.01 Å². The van der Waals surface area contributed by atoms with Crippen molar-refractivity contribution in [2.45, 2.75) is 12.8 Å². The molecule has 0 atom stereocenters. The van der Waals surface area contributed by atoms with E-state index in [0.717, 1.165) is 47.2 Å². The van der Waals surface area contributed by atoms with Crippen LogP contribution in [0.25, 0.3) is 21.5 Å². The fourth-order valence-corrected chi connectivity index (χ4v) is 4.00. The lowest BCUT2D eigenvalue weighted by Crippen LogP contribution is -2.36. The fraction of sp³-hybridized carbons (Fsp3) is 0.235. The molecule has 0 radical (unpaired) electrons. The zero-order valence-corrected chi connectivity index (χ0v) is 13.8. The topological polar surface area (TPSA) is 82.2 Å². The van der Waals surface area contributed by atoms with Crippen LogP contribution >= 0.6 is 11.3 Å². The average Bonchev–Trinajstić information content (AvgIpc) is 3.19. The van der Waals surface area contributed by atoms with Crippen molar-refractivity contribution in [3.05, 3.63) is 40.5 Å². The summed E-state index contributed by atoms with van der Waals surface area (Å²) in [6.07, 6.45) is 3.44. The Bertz CT molecular complexity index is 1010. The first-order chi connectivity index (χ1) is 11.6. The third-order valence-corrected chi connectivity index (χ3v) is 5.32. The predicted octanol–water partition coefficient (Wildman–Crippen LogP) is 2.85. The van der Waals surface area contributed by atoms with Crippen LogP contribution in [-0.2, 0) is 6.42 Å². The van der Waals surface area contributed by atoms with E-state index < -0.39 is 5.97 Å². The lowest BCUT2D eigenvalue weighted by atomic mass is 10.1. The van der Waals surface area contributed by atoms with Gasteiger partial charge in [-0.25, -0.2) is 9.78 Å². The summed E-state index contributed by atoms with van der Waals surface area (Å²) in [7, 11) is 2.02. The van der Waals surface area contributed by atoms with Gasteiger partial charge in [-0.3, -0.25) is 4.68 Å². The molecule has 0 bridgehead atoms. The Morgan fingerprint density at radius 2 is 2.25 bits per heavy atom. The SMILES string of the molecule is CN1CCCc2cc3cc(-c4ncc(C(=O)O)s4)cc(C#N)c3n21. The molecule has 3 aromatic rings. The molecular formula is C17H14N4O2S. The van der Waals surface area contributed by atoms with Crippen molar-refractivity contribution in [2.24, 2.45) is 0 Å². The number of hydrogen-bond donors (Lipinski definition) is 1. The largest absolute Gasteiger partial charge is 0.477 e. The van der Waals surface area contributed by atoms with Gasteiger partial charge in [-0.1, -0.05) is 0 Å². The first-order valence-corrected chi connectivity index (χ1v) is 8.39. The molecule has 2 aromatic heterocycles. The Morgan fingerprint density at radius 3 is 2.96 bits per heavy atom. The number of hydrogen-bond acceptors (Lipinski definition) is 5. The van der Waals surface area contributed by atoms with Gasteiger partial charge >= 0.3 is 5.97 Å². The van der Waals surface area contributed by atoms with E-state index in [1.807, 2.05) is 13.1 Å². The smallest absolute Gasteiger partial charge is 0.347 e. The van der Waals surface area contributed by atoms with Crippen molar-refractivity contribution in [2.75, 3.05) is 18.6 Å². The molecule has 120 valence electrons. The van der Waals surface area contributed by atoms with Crippen LogP contribution in [0.4, 0.5) is 0 Å². The number of benzene rings is 1. The highest BCUT2D eigenvalue weighted by Crippen LogP contribution is 2.33. The number of aryl methyl sites for hydroxylation is 1. The second-order valence-electron chi connectivity index (χ2n) is 5.84. The van der Waals surface area contributed by atoms with Crippen LogP contribution in [0.2, 0.25) is 0 Å². The number of carbonyl (C=O) groups is 1. The molecule has 0 amide bonds. The van der Waals surface area contributed by atoms with Gasteiger partial charge in [0.1, 0.15) is 16.0 Å². The Hall–Kier alpha value is -2.85. The molecule has 1 N–H and O–H groups in total. The van der Waals surface area contributed by atoms with Gasteiger partial charge in [0.2, 0.25) is 0 Å². The number of aromatic carboxylic acids is 1. The van der Waals surface area contributed by atoms with Gasteiger partial charge < -0.3 is 10.1 Å². The highest BCUT2D eigenvalue weighted by Gasteiger charge is 2.21. The second kappa shape index (κ2) is 5.35. The summed E-state index contributed by atoms with van der Waals surface area (Å²) in [5, 5.41) is 22.4. The summed E-state index contributed by atoms with van der Waals surface area (Å²) in [6, 6.07) is 8.17. The third-order valence-electron chi connectivity index (χ3n) is 4.29. The van der Waals surface area contributed by atoms with Gasteiger partial charge in [0.05, 0.1) is 17.3 Å². The fourth-order valence-electron chi connectivity index (χ4n) is 3.26. The molecule has 0 unspecified atom stereocenters. The number of aromatic nitrogens is 2. The van der Waals surface area contributed by atoms with E-state index in [0.29, 0.717) is 10.6 Å². The molecule has 6 nitrogen and oxygen atoms in total. The quantitative estimate of drug-likeness (QED) is 0.777. The highest BCUT2D eigenvalue weighted by atomic mass is 32.1. The number of rotatable bonds is 2. The van der Waals surface area contributed by atoms with Crippen LogP contribution in [0.1, 0.15) is 27.3 Å². The van der Waals surface area contributed by atoms with Crippen LogP contribution in [0.15, 0.2) is 24.4 Å². The molecule has 1 aliphatic heterocycles. The summed E-state index contributed by atoms with van der Waals surface area (Å²) in [4.78, 5) is 15.5. The van der Waals surface area contributed by atoms with E-state index in [-0.39, 0.29) is 4.88 Å². The molecule has 7 heteroatoms. The van der Waals surface area contributed by atoms with E-state index in [9.17, 15) is 10.1 Å². The first-order valence-electron chi connectivity index (χ1n) is 7.58. The Morgan fingerprint density at radius 1 is 1.42 bits per heavy atom. The lowest BCUT2D eigenvalue weighted by molar-refractivity contribution is 0.0702. The summed E-state index contributed by atoms with van der Waals surface area (Å²) in [6.45, 7) is 0.956. The normalized spacial score (nSPS) is 13.8. The average molecular weight is 338 g/mol. The van der Waals surface area contributed by atoms with Gasteiger partial charge in [0.15, 0.2) is 0 Å². The summed E-state index contributed by atoms with van der Waals surface area (Å²) >= 11 is 1.12. The van der Waals surface area contributed by atoms with E-state index in [4.69, 9.17) is 5.11 Å². The summed E-state index contributed by atoms with van der Waals surface area (Å²) in [5.74, 6) is -0.985. The van der Waals surface area contributed by atoms with E-state index in [2.05, 4.69) is 26.8 Å². The molecule has 1 aliphatic rings. The molecule has 1 aromatic carbocycles. The van der Waals surface area contributed by atoms with Crippen molar-refractivity contribution in [1.82, 2.24) is 9.66 Å². The zero-order chi connectivity index (χ0) is 16.8. The van der Waals surface area contributed by atoms with Gasteiger partial charge in [-0.15, -0.1) is 11.3 Å². The third kappa shape index (κ3) is 2.15. The molecule has 24 heavy (non-hydrogen) atoms. The van der Waals surface area contributed by atoms with Gasteiger partial charge in [0.25, 0.3) is 0 Å². The van der Waals surface area contributed by atoms with Crippen molar-refractivity contribution < 1.29 is 9.90 Å². The maximum absolute atomic E-state index is 11.1. The van der Waals surface area contributed by atoms with Gasteiger partial charge in [-0.05, 0) is 31.0 Å². The van der Waals surface area contributed by atoms with Crippen LogP contribution in [0, 0.1) is 11.3 Å². The number of carboxylic acids is 1. The monoisotopic (exact) mass is 338 g/mol. The molecule has 0 aliphatic carbocycles. The summed E-state index contributed by atoms with van der Waals surface area (Å²) in [5.41, 5.74) is 3.46. The number of nitriles is 1. The molecular weight excluding hydrogens is 324 g/mol. The van der Waals surface area contributed by atoms with Gasteiger partial charge in [0, 0.05) is 30.2 Å². The minimum Gasteiger partial charge on any atom is -0.477 e. The minimum atomic E-state index is -0.985. The van der Waals surface area contributed by atoms with Crippen LogP contribution in [0.3, 0.4) is 0 Å². The van der Waals surface area contributed by atoms with Crippen molar-refractivity contribution in [3.8, 4) is 16.6 Å². The Balaban J connectivity index is 1.93. The predicted molar refractivity (Wildman–Crippen MR) is 92.0 cm³/mol. The molecule has 0 spiro atoms. The number of carboxylic acid groups (broad SMARTS) is 1. The lowest BCUT2D eigenvalue weighted by Gasteiger charge is -2.29. The van der Waals surface area contributed by atoms with Crippen molar-refractivity contribution >= 4 is 28.2 Å². The summed E-state index contributed by atoms with van der Waals surface area (Å²) < 4.78 is 2.12. The highest BCUT2D eigenvalue weighted by molar-refractivity contribution is 7.16. The maximum Gasteiger partial charge on any atom is 0.347 e. The van der Waals surface area contributed by atoms with Gasteiger partial charge in [-0.2, -0.15) is 5.26 Å². The first kappa shape index (κ1) is 14.7. The number of fused-ring (bicyclic) bond motifs is 3. The van der Waals surface area contributed by atoms with E-state index in [1.54, 1.807) is 6.07 Å². The maximum atomic E-state index is 11.1. The number of thiazole rings is 1.